The number of hydrogen-bond acceptors (Lipinski definition) is 3. The average Bonchev–Trinajstić information content (AvgIpc) is 2.64. The molecule has 104 valence electrons. The fourth-order valence-corrected chi connectivity index (χ4v) is 3.99. The minimum absolute atomic E-state index is 0.326. The maximum absolute atomic E-state index is 5.76. The van der Waals surface area contributed by atoms with Crippen molar-refractivity contribution in [3.63, 3.8) is 0 Å². The SMILES string of the molecule is COC1(OC)[C@H]2CC[C@H]1CN(Cc1ccccc1)C2. The van der Waals surface area contributed by atoms with Crippen molar-refractivity contribution in [2.24, 2.45) is 11.8 Å². The molecule has 3 heteroatoms. The Morgan fingerprint density at radius 2 is 1.63 bits per heavy atom. The van der Waals surface area contributed by atoms with Gasteiger partial charge in [-0.15, -0.1) is 0 Å². The van der Waals surface area contributed by atoms with Crippen LogP contribution in [-0.2, 0) is 16.0 Å². The molecule has 2 aliphatic rings. The number of ether oxygens (including phenoxy) is 2. The molecule has 1 aliphatic carbocycles. The Kier molecular flexibility index (Phi) is 3.61. The van der Waals surface area contributed by atoms with Crippen molar-refractivity contribution in [3.8, 4) is 0 Å². The van der Waals surface area contributed by atoms with Gasteiger partial charge < -0.3 is 9.47 Å². The number of methoxy groups -OCH3 is 2. The molecule has 0 spiro atoms. The largest absolute Gasteiger partial charge is 0.353 e. The summed E-state index contributed by atoms with van der Waals surface area (Å²) in [5.74, 6) is 0.683. The first-order valence-electron chi connectivity index (χ1n) is 7.15. The normalized spacial score (nSPS) is 29.6. The predicted molar refractivity (Wildman–Crippen MR) is 74.7 cm³/mol. The summed E-state index contributed by atoms with van der Waals surface area (Å²) in [6.45, 7) is 3.19. The first-order valence-corrected chi connectivity index (χ1v) is 7.15. The third-order valence-corrected chi connectivity index (χ3v) is 4.85. The summed E-state index contributed by atoms with van der Waals surface area (Å²) in [4.78, 5) is 2.55. The van der Waals surface area contributed by atoms with Crippen molar-refractivity contribution in [1.82, 2.24) is 4.90 Å². The van der Waals surface area contributed by atoms with Crippen LogP contribution in [0.3, 0.4) is 0 Å². The zero-order valence-corrected chi connectivity index (χ0v) is 11.8. The summed E-state index contributed by atoms with van der Waals surface area (Å²) in [6, 6.07) is 10.7. The van der Waals surface area contributed by atoms with Crippen LogP contribution < -0.4 is 0 Å². The van der Waals surface area contributed by atoms with Crippen molar-refractivity contribution in [2.75, 3.05) is 27.3 Å². The molecule has 0 amide bonds. The monoisotopic (exact) mass is 261 g/mol. The minimum atomic E-state index is -0.326. The summed E-state index contributed by atoms with van der Waals surface area (Å²) >= 11 is 0. The van der Waals surface area contributed by atoms with Crippen LogP contribution in [0.25, 0.3) is 0 Å². The van der Waals surface area contributed by atoms with Gasteiger partial charge in [-0.2, -0.15) is 0 Å². The minimum Gasteiger partial charge on any atom is -0.353 e. The number of hydrogen-bond donors (Lipinski definition) is 0. The third kappa shape index (κ3) is 2.20. The van der Waals surface area contributed by atoms with Crippen LogP contribution in [-0.4, -0.2) is 38.0 Å². The van der Waals surface area contributed by atoms with Gasteiger partial charge >= 0.3 is 0 Å². The van der Waals surface area contributed by atoms with E-state index in [1.807, 2.05) is 0 Å². The highest BCUT2D eigenvalue weighted by molar-refractivity contribution is 5.15. The fourth-order valence-electron chi connectivity index (χ4n) is 3.99. The van der Waals surface area contributed by atoms with E-state index in [-0.39, 0.29) is 5.79 Å². The summed E-state index contributed by atoms with van der Waals surface area (Å²) in [6.07, 6.45) is 2.44. The van der Waals surface area contributed by atoms with E-state index in [0.29, 0.717) is 11.8 Å². The Balaban J connectivity index is 1.71. The number of piperidine rings is 1. The summed E-state index contributed by atoms with van der Waals surface area (Å²) < 4.78 is 11.5. The van der Waals surface area contributed by atoms with Crippen molar-refractivity contribution < 1.29 is 9.47 Å². The summed E-state index contributed by atoms with van der Waals surface area (Å²) in [5.41, 5.74) is 1.39. The van der Waals surface area contributed by atoms with Crippen LogP contribution >= 0.6 is 0 Å². The topological polar surface area (TPSA) is 21.7 Å². The number of nitrogens with zero attached hydrogens (tertiary/aromatic N) is 1. The average molecular weight is 261 g/mol. The molecular formula is C16H23NO2. The van der Waals surface area contributed by atoms with E-state index in [9.17, 15) is 0 Å². The van der Waals surface area contributed by atoms with Gasteiger partial charge in [-0.25, -0.2) is 0 Å². The quantitative estimate of drug-likeness (QED) is 0.777. The molecule has 0 unspecified atom stereocenters. The lowest BCUT2D eigenvalue weighted by Gasteiger charge is -2.45. The van der Waals surface area contributed by atoms with Gasteiger partial charge in [-0.1, -0.05) is 30.3 Å². The van der Waals surface area contributed by atoms with E-state index in [4.69, 9.17) is 9.47 Å². The molecule has 2 fully saturated rings. The van der Waals surface area contributed by atoms with Crippen LogP contribution in [0.5, 0.6) is 0 Å². The molecule has 1 heterocycles. The Morgan fingerprint density at radius 1 is 1.05 bits per heavy atom. The highest BCUT2D eigenvalue weighted by atomic mass is 16.7. The maximum atomic E-state index is 5.76. The van der Waals surface area contributed by atoms with Gasteiger partial charge in [-0.3, -0.25) is 4.90 Å². The molecule has 2 atom stereocenters. The molecule has 0 N–H and O–H groups in total. The van der Waals surface area contributed by atoms with Crippen LogP contribution in [0.4, 0.5) is 0 Å². The van der Waals surface area contributed by atoms with Gasteiger partial charge in [0.05, 0.1) is 0 Å². The molecule has 3 nitrogen and oxygen atoms in total. The fraction of sp³-hybridized carbons (Fsp3) is 0.625. The van der Waals surface area contributed by atoms with Gasteiger partial charge in [0.15, 0.2) is 5.79 Å². The van der Waals surface area contributed by atoms with Gasteiger partial charge in [0, 0.05) is 45.7 Å². The zero-order chi connectivity index (χ0) is 13.3. The van der Waals surface area contributed by atoms with Crippen molar-refractivity contribution >= 4 is 0 Å². The zero-order valence-electron chi connectivity index (χ0n) is 11.8. The van der Waals surface area contributed by atoms with Crippen LogP contribution in [0, 0.1) is 11.8 Å². The van der Waals surface area contributed by atoms with Gasteiger partial charge in [-0.05, 0) is 18.4 Å². The smallest absolute Gasteiger partial charge is 0.175 e. The highest BCUT2D eigenvalue weighted by Crippen LogP contribution is 2.47. The van der Waals surface area contributed by atoms with E-state index in [1.54, 1.807) is 14.2 Å². The second-order valence-corrected chi connectivity index (χ2v) is 5.78. The van der Waals surface area contributed by atoms with Gasteiger partial charge in [0.1, 0.15) is 0 Å². The lowest BCUT2D eigenvalue weighted by Crippen LogP contribution is -2.55. The summed E-state index contributed by atoms with van der Waals surface area (Å²) in [5, 5.41) is 0. The Hall–Kier alpha value is -0.900. The van der Waals surface area contributed by atoms with Gasteiger partial charge in [0.2, 0.25) is 0 Å². The number of likely N-dealkylation sites (tertiary alicyclic amines) is 1. The number of rotatable bonds is 4. The molecular weight excluding hydrogens is 238 g/mol. The predicted octanol–water partition coefficient (Wildman–Crippen LogP) is 2.52. The lowest BCUT2D eigenvalue weighted by molar-refractivity contribution is -0.270. The van der Waals surface area contributed by atoms with Crippen LogP contribution in [0.15, 0.2) is 30.3 Å². The molecule has 1 aromatic rings. The molecule has 1 aliphatic heterocycles. The summed E-state index contributed by atoms with van der Waals surface area (Å²) in [7, 11) is 3.59. The molecule has 19 heavy (non-hydrogen) atoms. The molecule has 0 radical (unpaired) electrons. The maximum Gasteiger partial charge on any atom is 0.175 e. The first-order chi connectivity index (χ1) is 9.28. The molecule has 1 saturated heterocycles. The Labute approximate surface area is 115 Å². The van der Waals surface area contributed by atoms with E-state index in [0.717, 1.165) is 19.6 Å². The number of fused-ring (bicyclic) bond motifs is 2. The Morgan fingerprint density at radius 3 is 2.16 bits per heavy atom. The molecule has 2 bridgehead atoms. The van der Waals surface area contributed by atoms with Crippen molar-refractivity contribution in [1.29, 1.82) is 0 Å². The molecule has 3 rings (SSSR count). The van der Waals surface area contributed by atoms with Crippen molar-refractivity contribution in [3.05, 3.63) is 35.9 Å². The second kappa shape index (κ2) is 5.23. The lowest BCUT2D eigenvalue weighted by atomic mass is 9.90. The van der Waals surface area contributed by atoms with Crippen LogP contribution in [0.1, 0.15) is 18.4 Å². The van der Waals surface area contributed by atoms with E-state index in [2.05, 4.69) is 35.2 Å². The molecule has 0 aromatic heterocycles. The third-order valence-electron chi connectivity index (χ3n) is 4.85. The highest BCUT2D eigenvalue weighted by Gasteiger charge is 2.55. The van der Waals surface area contributed by atoms with Crippen molar-refractivity contribution in [2.45, 2.75) is 25.2 Å². The number of benzene rings is 1. The van der Waals surface area contributed by atoms with Gasteiger partial charge in [0.25, 0.3) is 0 Å². The molecule has 1 saturated carbocycles. The Bertz CT molecular complexity index is 400. The van der Waals surface area contributed by atoms with E-state index >= 15 is 0 Å². The molecule has 1 aromatic carbocycles. The van der Waals surface area contributed by atoms with E-state index in [1.165, 1.54) is 18.4 Å². The standard InChI is InChI=1S/C16H23NO2/c1-18-16(19-2)14-8-9-15(16)12-17(11-14)10-13-6-4-3-5-7-13/h3-7,14-15H,8-12H2,1-2H3/t14-,15-/m0/s1. The first kappa shape index (κ1) is 13.1. The van der Waals surface area contributed by atoms with E-state index < -0.39 is 0 Å². The second-order valence-electron chi connectivity index (χ2n) is 5.78. The van der Waals surface area contributed by atoms with Crippen LogP contribution in [0.2, 0.25) is 0 Å².